The Morgan fingerprint density at radius 3 is 3.00 bits per heavy atom. The van der Waals surface area contributed by atoms with Crippen molar-refractivity contribution in [3.05, 3.63) is 45.5 Å². The van der Waals surface area contributed by atoms with Crippen LogP contribution in [0.15, 0.2) is 34.1 Å². The first-order chi connectivity index (χ1) is 8.75. The number of carbonyl (C=O) groups is 1. The van der Waals surface area contributed by atoms with Crippen LogP contribution in [0.5, 0.6) is 0 Å². The van der Waals surface area contributed by atoms with Gasteiger partial charge >= 0.3 is 0 Å². The number of carbonyl (C=O) groups excluding carboxylic acids is 1. The van der Waals surface area contributed by atoms with Crippen LogP contribution < -0.4 is 0 Å². The van der Waals surface area contributed by atoms with E-state index in [1.54, 1.807) is 23.5 Å². The average Bonchev–Trinajstić information content (AvgIpc) is 3.08. The van der Waals surface area contributed by atoms with Gasteiger partial charge in [-0.25, -0.2) is 0 Å². The highest BCUT2D eigenvalue weighted by Gasteiger charge is 2.32. The second-order valence-corrected chi connectivity index (χ2v) is 5.63. The van der Waals surface area contributed by atoms with E-state index < -0.39 is 0 Å². The molecule has 3 rings (SSSR count). The summed E-state index contributed by atoms with van der Waals surface area (Å²) >= 11 is 7.40. The van der Waals surface area contributed by atoms with Gasteiger partial charge in [0.1, 0.15) is 0 Å². The second-order valence-electron chi connectivity index (χ2n) is 4.28. The molecule has 2 aromatic heterocycles. The Balaban J connectivity index is 1.85. The molecule has 1 fully saturated rings. The van der Waals surface area contributed by atoms with Gasteiger partial charge in [-0.15, -0.1) is 11.3 Å². The van der Waals surface area contributed by atoms with E-state index in [4.69, 9.17) is 16.0 Å². The molecule has 0 radical (unpaired) electrons. The molecule has 3 nitrogen and oxygen atoms in total. The molecule has 3 heterocycles. The Morgan fingerprint density at radius 2 is 2.33 bits per heavy atom. The lowest BCUT2D eigenvalue weighted by Gasteiger charge is -2.22. The second kappa shape index (κ2) is 4.78. The van der Waals surface area contributed by atoms with Crippen molar-refractivity contribution >= 4 is 28.8 Å². The summed E-state index contributed by atoms with van der Waals surface area (Å²) in [6, 6.07) is 7.52. The molecule has 1 saturated heterocycles. The number of furan rings is 1. The Labute approximate surface area is 114 Å². The molecule has 0 spiro atoms. The lowest BCUT2D eigenvalue weighted by atomic mass is 10.2. The zero-order chi connectivity index (χ0) is 12.5. The van der Waals surface area contributed by atoms with E-state index in [1.807, 2.05) is 16.3 Å². The predicted molar refractivity (Wildman–Crippen MR) is 71.0 cm³/mol. The fourth-order valence-electron chi connectivity index (χ4n) is 2.36. The molecule has 0 aromatic carbocycles. The van der Waals surface area contributed by atoms with Crippen molar-refractivity contribution in [3.8, 4) is 0 Å². The minimum absolute atomic E-state index is 0.0715. The largest absolute Gasteiger partial charge is 0.440 e. The van der Waals surface area contributed by atoms with E-state index in [-0.39, 0.29) is 17.2 Å². The average molecular weight is 282 g/mol. The summed E-state index contributed by atoms with van der Waals surface area (Å²) in [4.78, 5) is 15.5. The van der Waals surface area contributed by atoms with Crippen molar-refractivity contribution in [2.24, 2.45) is 0 Å². The minimum atomic E-state index is -0.0715. The minimum Gasteiger partial charge on any atom is -0.440 e. The highest BCUT2D eigenvalue weighted by atomic mass is 35.5. The molecule has 1 aliphatic rings. The number of nitrogens with zero attached hydrogens (tertiary/aromatic N) is 1. The standard InChI is InChI=1S/C13H12ClNO2S/c14-12-6-5-10(17-12)13(16)15-7-1-3-9(15)11-4-2-8-18-11/h2,4-6,8-9H,1,3,7H2/t9-/m1/s1. The van der Waals surface area contributed by atoms with Crippen molar-refractivity contribution in [1.29, 1.82) is 0 Å². The fourth-order valence-corrected chi connectivity index (χ4v) is 3.38. The first-order valence-electron chi connectivity index (χ1n) is 5.85. The monoisotopic (exact) mass is 281 g/mol. The highest BCUT2D eigenvalue weighted by molar-refractivity contribution is 7.10. The number of halogens is 1. The third-order valence-electron chi connectivity index (χ3n) is 3.17. The quantitative estimate of drug-likeness (QED) is 0.834. The molecule has 94 valence electrons. The van der Waals surface area contributed by atoms with E-state index in [0.29, 0.717) is 5.76 Å². The number of likely N-dealkylation sites (tertiary alicyclic amines) is 1. The van der Waals surface area contributed by atoms with Gasteiger partial charge in [0.25, 0.3) is 5.91 Å². The van der Waals surface area contributed by atoms with Gasteiger partial charge in [0, 0.05) is 11.4 Å². The van der Waals surface area contributed by atoms with Crippen molar-refractivity contribution < 1.29 is 9.21 Å². The Morgan fingerprint density at radius 1 is 1.44 bits per heavy atom. The molecule has 2 aromatic rings. The molecule has 0 aliphatic carbocycles. The van der Waals surface area contributed by atoms with Gasteiger partial charge in [-0.3, -0.25) is 4.79 Å². The molecular weight excluding hydrogens is 270 g/mol. The predicted octanol–water partition coefficient (Wildman–Crippen LogP) is 3.97. The summed E-state index contributed by atoms with van der Waals surface area (Å²) in [5, 5.41) is 2.30. The highest BCUT2D eigenvalue weighted by Crippen LogP contribution is 2.35. The van der Waals surface area contributed by atoms with Crippen LogP contribution in [-0.2, 0) is 0 Å². The number of hydrogen-bond acceptors (Lipinski definition) is 3. The van der Waals surface area contributed by atoms with Crippen LogP contribution >= 0.6 is 22.9 Å². The Hall–Kier alpha value is -1.26. The Bertz CT molecular complexity index is 549. The summed E-state index contributed by atoms with van der Waals surface area (Å²) in [7, 11) is 0. The SMILES string of the molecule is O=C(c1ccc(Cl)o1)N1CCC[C@@H]1c1cccs1. The van der Waals surface area contributed by atoms with Gasteiger partial charge in [-0.2, -0.15) is 0 Å². The van der Waals surface area contributed by atoms with Crippen molar-refractivity contribution in [2.45, 2.75) is 18.9 Å². The lowest BCUT2D eigenvalue weighted by Crippen LogP contribution is -2.29. The van der Waals surface area contributed by atoms with Gasteiger partial charge in [0.05, 0.1) is 6.04 Å². The van der Waals surface area contributed by atoms with Crippen LogP contribution in [0.25, 0.3) is 0 Å². The number of hydrogen-bond donors (Lipinski definition) is 0. The van der Waals surface area contributed by atoms with Crippen LogP contribution in [0.2, 0.25) is 5.22 Å². The summed E-state index contributed by atoms with van der Waals surface area (Å²) in [6.07, 6.45) is 2.05. The van der Waals surface area contributed by atoms with E-state index in [2.05, 4.69) is 6.07 Å². The third-order valence-corrected chi connectivity index (χ3v) is 4.35. The first-order valence-corrected chi connectivity index (χ1v) is 7.11. The van der Waals surface area contributed by atoms with E-state index in [9.17, 15) is 4.79 Å². The number of amides is 1. The topological polar surface area (TPSA) is 33.5 Å². The molecule has 18 heavy (non-hydrogen) atoms. The molecule has 0 bridgehead atoms. The number of thiophene rings is 1. The summed E-state index contributed by atoms with van der Waals surface area (Å²) in [5.41, 5.74) is 0. The maximum absolute atomic E-state index is 12.3. The van der Waals surface area contributed by atoms with Crippen LogP contribution in [0.1, 0.15) is 34.3 Å². The molecule has 0 unspecified atom stereocenters. The zero-order valence-corrected chi connectivity index (χ0v) is 11.2. The maximum atomic E-state index is 12.3. The van der Waals surface area contributed by atoms with E-state index >= 15 is 0 Å². The van der Waals surface area contributed by atoms with E-state index in [1.165, 1.54) is 4.88 Å². The van der Waals surface area contributed by atoms with E-state index in [0.717, 1.165) is 19.4 Å². The van der Waals surface area contributed by atoms with Crippen LogP contribution in [0.3, 0.4) is 0 Å². The van der Waals surface area contributed by atoms with Gasteiger partial charge in [-0.05, 0) is 48.0 Å². The summed E-state index contributed by atoms with van der Waals surface area (Å²) < 4.78 is 5.20. The summed E-state index contributed by atoms with van der Waals surface area (Å²) in [5.74, 6) is 0.251. The van der Waals surface area contributed by atoms with Gasteiger partial charge in [-0.1, -0.05) is 6.07 Å². The molecule has 1 atom stereocenters. The first kappa shape index (κ1) is 11.8. The summed E-state index contributed by atoms with van der Waals surface area (Å²) in [6.45, 7) is 0.777. The molecule has 0 N–H and O–H groups in total. The van der Waals surface area contributed by atoms with Crippen molar-refractivity contribution in [1.82, 2.24) is 4.90 Å². The van der Waals surface area contributed by atoms with Gasteiger partial charge in [0.2, 0.25) is 0 Å². The molecule has 1 aliphatic heterocycles. The third kappa shape index (κ3) is 2.06. The van der Waals surface area contributed by atoms with Crippen molar-refractivity contribution in [3.63, 3.8) is 0 Å². The zero-order valence-electron chi connectivity index (χ0n) is 9.64. The maximum Gasteiger partial charge on any atom is 0.290 e. The number of rotatable bonds is 2. The van der Waals surface area contributed by atoms with Crippen LogP contribution in [-0.4, -0.2) is 17.4 Å². The molecular formula is C13H12ClNO2S. The van der Waals surface area contributed by atoms with Gasteiger partial charge < -0.3 is 9.32 Å². The lowest BCUT2D eigenvalue weighted by molar-refractivity contribution is 0.0705. The van der Waals surface area contributed by atoms with Crippen LogP contribution in [0.4, 0.5) is 0 Å². The fraction of sp³-hybridized carbons (Fsp3) is 0.308. The van der Waals surface area contributed by atoms with Gasteiger partial charge in [0.15, 0.2) is 11.0 Å². The Kier molecular flexibility index (Phi) is 3.14. The molecule has 5 heteroatoms. The van der Waals surface area contributed by atoms with Crippen LogP contribution in [0, 0.1) is 0 Å². The van der Waals surface area contributed by atoms with Crippen molar-refractivity contribution in [2.75, 3.05) is 6.54 Å². The molecule has 0 saturated carbocycles. The molecule has 1 amide bonds. The smallest absolute Gasteiger partial charge is 0.290 e. The normalized spacial score (nSPS) is 19.4.